The van der Waals surface area contributed by atoms with E-state index in [-0.39, 0.29) is 23.4 Å². The van der Waals surface area contributed by atoms with E-state index in [0.717, 1.165) is 28.6 Å². The van der Waals surface area contributed by atoms with Crippen LogP contribution in [0, 0.1) is 16.7 Å². The summed E-state index contributed by atoms with van der Waals surface area (Å²) in [5.41, 5.74) is 6.51. The van der Waals surface area contributed by atoms with Crippen LogP contribution in [0.15, 0.2) is 66.9 Å². The number of primary amides is 1. The summed E-state index contributed by atoms with van der Waals surface area (Å²) in [4.78, 5) is 10.6. The van der Waals surface area contributed by atoms with E-state index in [1.165, 1.54) is 30.5 Å². The van der Waals surface area contributed by atoms with Gasteiger partial charge in [0.2, 0.25) is 5.91 Å². The molecule has 0 spiro atoms. The molecule has 178 valence electrons. The molecule has 35 heavy (non-hydrogen) atoms. The molecule has 0 radical (unpaired) electrons. The van der Waals surface area contributed by atoms with Gasteiger partial charge in [-0.25, -0.2) is 0 Å². The van der Waals surface area contributed by atoms with Crippen LogP contribution in [-0.4, -0.2) is 21.8 Å². The first kappa shape index (κ1) is 25.3. The number of rotatable bonds is 4. The van der Waals surface area contributed by atoms with Crippen LogP contribution in [0.4, 0.5) is 13.2 Å². The first-order chi connectivity index (χ1) is 16.5. The van der Waals surface area contributed by atoms with Crippen LogP contribution in [0.5, 0.6) is 5.75 Å². The predicted molar refractivity (Wildman–Crippen MR) is 127 cm³/mol. The second kappa shape index (κ2) is 10.3. The minimum absolute atomic E-state index is 0.0475. The van der Waals surface area contributed by atoms with Gasteiger partial charge in [-0.05, 0) is 54.1 Å². The van der Waals surface area contributed by atoms with Crippen molar-refractivity contribution in [3.8, 4) is 11.8 Å². The minimum Gasteiger partial charge on any atom is -0.507 e. The van der Waals surface area contributed by atoms with Crippen molar-refractivity contribution in [2.24, 2.45) is 5.73 Å². The topological polar surface area (TPSA) is 116 Å². The molecular formula is C25H18ClF3N4O2. The van der Waals surface area contributed by atoms with Crippen molar-refractivity contribution < 1.29 is 23.1 Å². The van der Waals surface area contributed by atoms with Crippen molar-refractivity contribution in [1.82, 2.24) is 4.57 Å². The van der Waals surface area contributed by atoms with Gasteiger partial charge in [-0.3, -0.25) is 4.79 Å². The molecule has 0 fully saturated rings. The fraction of sp³-hybridized carbons (Fsp3) is 0.0800. The van der Waals surface area contributed by atoms with Crippen LogP contribution in [0.2, 0.25) is 5.02 Å². The Hall–Kier alpha value is -4.29. The van der Waals surface area contributed by atoms with E-state index < -0.39 is 17.6 Å². The third kappa shape index (κ3) is 5.80. The number of nitrogens with one attached hydrogen (secondary N) is 1. The van der Waals surface area contributed by atoms with Crippen LogP contribution >= 0.6 is 11.6 Å². The number of benzene rings is 3. The molecule has 1 heterocycles. The average molecular weight is 499 g/mol. The largest absolute Gasteiger partial charge is 0.507 e. The Morgan fingerprint density at radius 2 is 1.91 bits per heavy atom. The second-order valence-electron chi connectivity index (χ2n) is 7.38. The maximum Gasteiger partial charge on any atom is 0.416 e. The van der Waals surface area contributed by atoms with Crippen LogP contribution < -0.4 is 5.73 Å². The molecule has 0 atom stereocenters. The van der Waals surface area contributed by atoms with Crippen molar-refractivity contribution in [3.05, 3.63) is 99.7 Å². The number of nitriles is 1. The van der Waals surface area contributed by atoms with Gasteiger partial charge in [0, 0.05) is 46.0 Å². The van der Waals surface area contributed by atoms with E-state index in [2.05, 4.69) is 0 Å². The van der Waals surface area contributed by atoms with E-state index >= 15 is 0 Å². The van der Waals surface area contributed by atoms with Gasteiger partial charge in [-0.15, -0.1) is 0 Å². The number of fused-ring (bicyclic) bond motifs is 1. The molecule has 1 amide bonds. The summed E-state index contributed by atoms with van der Waals surface area (Å²) in [6, 6.07) is 16.3. The molecular weight excluding hydrogens is 481 g/mol. The average Bonchev–Trinajstić information content (AvgIpc) is 3.23. The lowest BCUT2D eigenvalue weighted by Gasteiger charge is -2.12. The van der Waals surface area contributed by atoms with Gasteiger partial charge >= 0.3 is 6.18 Å². The second-order valence-corrected chi connectivity index (χ2v) is 7.79. The van der Waals surface area contributed by atoms with Crippen LogP contribution in [0.25, 0.3) is 10.9 Å². The molecule has 0 unspecified atom stereocenters. The molecule has 6 nitrogen and oxygen atoms in total. The van der Waals surface area contributed by atoms with Gasteiger partial charge < -0.3 is 20.8 Å². The lowest BCUT2D eigenvalue weighted by Crippen LogP contribution is -2.10. The minimum atomic E-state index is -4.40. The number of phenols is 1. The zero-order valence-corrected chi connectivity index (χ0v) is 18.7. The number of halogens is 4. The van der Waals surface area contributed by atoms with Gasteiger partial charge in [0.1, 0.15) is 11.8 Å². The Labute approximate surface area is 203 Å². The lowest BCUT2D eigenvalue weighted by molar-refractivity contribution is -0.137. The highest BCUT2D eigenvalue weighted by molar-refractivity contribution is 6.31. The summed E-state index contributed by atoms with van der Waals surface area (Å²) < 4.78 is 40.4. The van der Waals surface area contributed by atoms with Crippen molar-refractivity contribution in [1.29, 1.82) is 10.7 Å². The number of nitrogens with zero attached hydrogens (tertiary/aromatic N) is 2. The molecule has 3 aromatic carbocycles. The zero-order chi connectivity index (χ0) is 25.8. The standard InChI is InChI=1S/C17H12ClF3N2.C8H6N2O2/c18-15-5-4-13(17(19,20)21)8-12(15)10-23-7-6-14-11(9-22)2-1-3-16(14)23;9-4-6-3-5(8(10)12)1-2-7(6)11/h1-9,22H,10H2;1-3,11H,(H2,10,12). The van der Waals surface area contributed by atoms with Gasteiger partial charge in [-0.2, -0.15) is 18.4 Å². The Bertz CT molecular complexity index is 1460. The van der Waals surface area contributed by atoms with E-state index in [1.54, 1.807) is 12.3 Å². The number of carbonyl (C=O) groups excluding carboxylic acids is 1. The molecule has 0 aliphatic carbocycles. The third-order valence-corrected chi connectivity index (χ3v) is 5.49. The number of aromatic hydroxyl groups is 1. The fourth-order valence-electron chi connectivity index (χ4n) is 3.35. The molecule has 4 aromatic rings. The smallest absolute Gasteiger partial charge is 0.416 e. The normalized spacial score (nSPS) is 10.8. The van der Waals surface area contributed by atoms with Gasteiger partial charge in [0.05, 0.1) is 11.1 Å². The predicted octanol–water partition coefficient (Wildman–Crippen LogP) is 5.72. The summed E-state index contributed by atoms with van der Waals surface area (Å²) in [6.45, 7) is 0.230. The van der Waals surface area contributed by atoms with E-state index in [9.17, 15) is 18.0 Å². The van der Waals surface area contributed by atoms with Crippen molar-refractivity contribution in [2.75, 3.05) is 0 Å². The van der Waals surface area contributed by atoms with Crippen molar-refractivity contribution in [3.63, 3.8) is 0 Å². The summed E-state index contributed by atoms with van der Waals surface area (Å²) in [5.74, 6) is -0.769. The number of amides is 1. The molecule has 0 saturated carbocycles. The maximum absolute atomic E-state index is 12.9. The van der Waals surface area contributed by atoms with Crippen molar-refractivity contribution >= 4 is 34.6 Å². The van der Waals surface area contributed by atoms with Crippen molar-refractivity contribution in [2.45, 2.75) is 12.7 Å². The van der Waals surface area contributed by atoms with Crippen LogP contribution in [-0.2, 0) is 12.7 Å². The number of hydrogen-bond donors (Lipinski definition) is 3. The summed E-state index contributed by atoms with van der Waals surface area (Å²) >= 11 is 6.06. The molecule has 1 aromatic heterocycles. The summed E-state index contributed by atoms with van der Waals surface area (Å²) in [5, 5.41) is 26.1. The molecule has 4 rings (SSSR count). The quantitative estimate of drug-likeness (QED) is 0.312. The number of hydrogen-bond acceptors (Lipinski definition) is 4. The molecule has 0 aliphatic rings. The number of aromatic nitrogens is 1. The molecule has 0 aliphatic heterocycles. The Morgan fingerprint density at radius 1 is 1.17 bits per heavy atom. The lowest BCUT2D eigenvalue weighted by atomic mass is 10.1. The maximum atomic E-state index is 12.9. The van der Waals surface area contributed by atoms with Crippen LogP contribution in [0.3, 0.4) is 0 Å². The Kier molecular flexibility index (Phi) is 7.47. The molecule has 0 saturated heterocycles. The Morgan fingerprint density at radius 3 is 2.54 bits per heavy atom. The Balaban J connectivity index is 0.000000241. The fourth-order valence-corrected chi connectivity index (χ4v) is 3.52. The van der Waals surface area contributed by atoms with E-state index in [4.69, 9.17) is 33.1 Å². The number of carbonyl (C=O) groups is 1. The van der Waals surface area contributed by atoms with Crippen LogP contribution in [0.1, 0.15) is 32.6 Å². The third-order valence-electron chi connectivity index (χ3n) is 5.12. The highest BCUT2D eigenvalue weighted by Gasteiger charge is 2.30. The summed E-state index contributed by atoms with van der Waals surface area (Å²) in [6.07, 6.45) is -1.36. The first-order valence-electron chi connectivity index (χ1n) is 10.0. The number of phenolic OH excluding ortho intramolecular Hbond substituents is 1. The highest BCUT2D eigenvalue weighted by Crippen LogP contribution is 2.32. The van der Waals surface area contributed by atoms with Gasteiger partial charge in [0.25, 0.3) is 0 Å². The first-order valence-corrected chi connectivity index (χ1v) is 10.4. The van der Waals surface area contributed by atoms with E-state index in [0.29, 0.717) is 10.6 Å². The molecule has 10 heteroatoms. The molecule has 0 bridgehead atoms. The van der Waals surface area contributed by atoms with E-state index in [1.807, 2.05) is 28.8 Å². The van der Waals surface area contributed by atoms with Gasteiger partial charge in [0.15, 0.2) is 0 Å². The highest BCUT2D eigenvalue weighted by atomic mass is 35.5. The monoisotopic (exact) mass is 498 g/mol. The zero-order valence-electron chi connectivity index (χ0n) is 18.0. The summed E-state index contributed by atoms with van der Waals surface area (Å²) in [7, 11) is 0. The molecule has 4 N–H and O–H groups in total. The SMILES string of the molecule is N#Cc1cc(C(N)=O)ccc1O.N=Cc1cccc2c1ccn2Cc1cc(C(F)(F)F)ccc1Cl. The van der Waals surface area contributed by atoms with Gasteiger partial charge in [-0.1, -0.05) is 23.7 Å². The number of alkyl halides is 3. The number of nitrogens with two attached hydrogens (primary N) is 1.